The fraction of sp³-hybridized carbons (Fsp3) is 0.625. The van der Waals surface area contributed by atoms with Gasteiger partial charge in [0.2, 0.25) is 5.91 Å². The summed E-state index contributed by atoms with van der Waals surface area (Å²) in [5, 5.41) is 0.539. The molecule has 0 bridgehead atoms. The molecule has 2 aliphatic rings. The molecule has 2 N–H and O–H groups in total. The summed E-state index contributed by atoms with van der Waals surface area (Å²) in [5.41, 5.74) is 5.67. The zero-order valence-corrected chi connectivity index (χ0v) is 13.0. The number of carbonyl (C=O) groups excluding carboxylic acids is 1. The van der Waals surface area contributed by atoms with E-state index in [0.29, 0.717) is 16.6 Å². The molecule has 0 radical (unpaired) electrons. The Morgan fingerprint density at radius 3 is 2.57 bits per heavy atom. The van der Waals surface area contributed by atoms with Crippen LogP contribution in [0.3, 0.4) is 0 Å². The van der Waals surface area contributed by atoms with E-state index >= 15 is 0 Å². The highest BCUT2D eigenvalue weighted by Gasteiger charge is 2.30. The van der Waals surface area contributed by atoms with Gasteiger partial charge in [-0.2, -0.15) is 0 Å². The molecule has 1 aromatic heterocycles. The first-order chi connectivity index (χ1) is 10.1. The number of anilines is 1. The molecule has 3 rings (SSSR count). The van der Waals surface area contributed by atoms with E-state index in [4.69, 9.17) is 17.3 Å². The first-order valence-electron chi connectivity index (χ1n) is 7.87. The van der Waals surface area contributed by atoms with Crippen molar-refractivity contribution in [3.8, 4) is 0 Å². The van der Waals surface area contributed by atoms with Crippen LogP contribution in [0.1, 0.15) is 55.3 Å². The Morgan fingerprint density at radius 1 is 1.29 bits per heavy atom. The third kappa shape index (κ3) is 3.49. The molecule has 2 aliphatic carbocycles. The second kappa shape index (κ2) is 6.22. The molecule has 21 heavy (non-hydrogen) atoms. The van der Waals surface area contributed by atoms with Crippen LogP contribution in [-0.4, -0.2) is 23.5 Å². The first-order valence-corrected chi connectivity index (χ1v) is 8.25. The summed E-state index contributed by atoms with van der Waals surface area (Å²) in [6.45, 7) is 1.04. The van der Waals surface area contributed by atoms with E-state index in [9.17, 15) is 4.79 Å². The highest BCUT2D eigenvalue weighted by molar-refractivity contribution is 6.33. The van der Waals surface area contributed by atoms with E-state index in [2.05, 4.69) is 9.88 Å². The number of nitrogens with zero attached hydrogens (tertiary/aromatic N) is 2. The molecule has 0 saturated heterocycles. The van der Waals surface area contributed by atoms with Crippen LogP contribution in [0.2, 0.25) is 5.02 Å². The van der Waals surface area contributed by atoms with E-state index in [1.807, 2.05) is 0 Å². The van der Waals surface area contributed by atoms with Crippen molar-refractivity contribution in [1.29, 1.82) is 0 Å². The zero-order chi connectivity index (χ0) is 14.8. The Morgan fingerprint density at radius 2 is 2.00 bits per heavy atom. The van der Waals surface area contributed by atoms with Gasteiger partial charge in [-0.3, -0.25) is 4.79 Å². The summed E-state index contributed by atoms with van der Waals surface area (Å²) in [7, 11) is 0. The third-order valence-electron chi connectivity index (χ3n) is 4.55. The molecule has 114 valence electrons. The minimum atomic E-state index is -0.484. The lowest BCUT2D eigenvalue weighted by Crippen LogP contribution is -2.39. The van der Waals surface area contributed by atoms with E-state index in [1.165, 1.54) is 44.9 Å². The molecule has 1 amide bonds. The fourth-order valence-electron chi connectivity index (χ4n) is 3.16. The van der Waals surface area contributed by atoms with Gasteiger partial charge in [0.05, 0.1) is 10.6 Å². The van der Waals surface area contributed by atoms with Crippen LogP contribution in [0.25, 0.3) is 0 Å². The number of rotatable bonds is 5. The topological polar surface area (TPSA) is 59.2 Å². The summed E-state index contributed by atoms with van der Waals surface area (Å²) in [6, 6.07) is 2.18. The molecule has 1 aromatic rings. The van der Waals surface area contributed by atoms with E-state index in [1.54, 1.807) is 12.3 Å². The predicted molar refractivity (Wildman–Crippen MR) is 84.7 cm³/mol. The number of hydrogen-bond acceptors (Lipinski definition) is 3. The molecule has 0 aromatic carbocycles. The number of hydrogen-bond donors (Lipinski definition) is 1. The highest BCUT2D eigenvalue weighted by atomic mass is 35.5. The lowest BCUT2D eigenvalue weighted by Gasteiger charge is -2.36. The Bertz CT molecular complexity index is 524. The van der Waals surface area contributed by atoms with E-state index in [0.717, 1.165) is 18.3 Å². The van der Waals surface area contributed by atoms with Gasteiger partial charge in [0, 0.05) is 18.8 Å². The molecule has 0 aliphatic heterocycles. The minimum Gasteiger partial charge on any atom is -0.366 e. The standard InChI is InChI=1S/C16H22ClN3O/c17-14-8-12(15(18)21)9-19-16(14)20(10-11-6-7-11)13-4-2-1-3-5-13/h8-9,11,13H,1-7,10H2,(H2,18,21). The monoisotopic (exact) mass is 307 g/mol. The van der Waals surface area contributed by atoms with Gasteiger partial charge >= 0.3 is 0 Å². The molecule has 1 heterocycles. The van der Waals surface area contributed by atoms with Crippen LogP contribution in [-0.2, 0) is 0 Å². The van der Waals surface area contributed by atoms with Gasteiger partial charge in [-0.25, -0.2) is 4.98 Å². The number of amides is 1. The summed E-state index contributed by atoms with van der Waals surface area (Å²) in [6.07, 6.45) is 10.5. The normalized spacial score (nSPS) is 19.5. The summed E-state index contributed by atoms with van der Waals surface area (Å²) >= 11 is 6.38. The molecule has 5 heteroatoms. The number of nitrogens with two attached hydrogens (primary N) is 1. The van der Waals surface area contributed by atoms with Crippen molar-refractivity contribution in [3.63, 3.8) is 0 Å². The van der Waals surface area contributed by atoms with E-state index in [-0.39, 0.29) is 0 Å². The van der Waals surface area contributed by atoms with Crippen LogP contribution in [0, 0.1) is 5.92 Å². The van der Waals surface area contributed by atoms with Gasteiger partial charge in [0.15, 0.2) is 0 Å². The number of carbonyl (C=O) groups is 1. The Kier molecular flexibility index (Phi) is 4.34. The molecule has 2 saturated carbocycles. The van der Waals surface area contributed by atoms with Crippen molar-refractivity contribution in [2.75, 3.05) is 11.4 Å². The number of primary amides is 1. The van der Waals surface area contributed by atoms with Gasteiger partial charge in [0.25, 0.3) is 0 Å². The summed E-state index contributed by atoms with van der Waals surface area (Å²) in [4.78, 5) is 18.1. The fourth-order valence-corrected chi connectivity index (χ4v) is 3.43. The molecule has 0 atom stereocenters. The average molecular weight is 308 g/mol. The molecule has 0 unspecified atom stereocenters. The Hall–Kier alpha value is -1.29. The lowest BCUT2D eigenvalue weighted by atomic mass is 9.94. The second-order valence-electron chi connectivity index (χ2n) is 6.28. The third-order valence-corrected chi connectivity index (χ3v) is 4.82. The summed E-state index contributed by atoms with van der Waals surface area (Å²) < 4.78 is 0. The second-order valence-corrected chi connectivity index (χ2v) is 6.69. The van der Waals surface area contributed by atoms with Crippen molar-refractivity contribution >= 4 is 23.3 Å². The molecule has 4 nitrogen and oxygen atoms in total. The number of pyridine rings is 1. The smallest absolute Gasteiger partial charge is 0.250 e. The van der Waals surface area contributed by atoms with Crippen molar-refractivity contribution in [2.45, 2.75) is 51.0 Å². The molecular formula is C16H22ClN3O. The molecule has 2 fully saturated rings. The highest BCUT2D eigenvalue weighted by Crippen LogP contribution is 2.36. The van der Waals surface area contributed by atoms with Gasteiger partial charge in [-0.1, -0.05) is 30.9 Å². The quantitative estimate of drug-likeness (QED) is 0.907. The van der Waals surface area contributed by atoms with Crippen LogP contribution in [0.15, 0.2) is 12.3 Å². The van der Waals surface area contributed by atoms with Gasteiger partial charge < -0.3 is 10.6 Å². The first kappa shape index (κ1) is 14.6. The predicted octanol–water partition coefficient (Wildman–Crippen LogP) is 3.38. The Labute approximate surface area is 130 Å². The van der Waals surface area contributed by atoms with Crippen LogP contribution >= 0.6 is 11.6 Å². The Balaban J connectivity index is 1.85. The van der Waals surface area contributed by atoms with Crippen molar-refractivity contribution < 1.29 is 4.79 Å². The van der Waals surface area contributed by atoms with Crippen LogP contribution in [0.4, 0.5) is 5.82 Å². The molecule has 0 spiro atoms. The van der Waals surface area contributed by atoms with Gasteiger partial charge in [-0.15, -0.1) is 0 Å². The largest absolute Gasteiger partial charge is 0.366 e. The van der Waals surface area contributed by atoms with Gasteiger partial charge in [0.1, 0.15) is 5.82 Å². The van der Waals surface area contributed by atoms with E-state index < -0.39 is 5.91 Å². The minimum absolute atomic E-state index is 0.374. The lowest BCUT2D eigenvalue weighted by molar-refractivity contribution is 0.1000. The maximum absolute atomic E-state index is 11.2. The SMILES string of the molecule is NC(=O)c1cnc(N(CC2CC2)C2CCCCC2)c(Cl)c1. The molecular weight excluding hydrogens is 286 g/mol. The number of halogens is 1. The maximum Gasteiger partial charge on any atom is 0.250 e. The van der Waals surface area contributed by atoms with Gasteiger partial charge in [-0.05, 0) is 37.7 Å². The van der Waals surface area contributed by atoms with Crippen LogP contribution in [0.5, 0.6) is 0 Å². The van der Waals surface area contributed by atoms with Crippen molar-refractivity contribution in [2.24, 2.45) is 11.7 Å². The zero-order valence-electron chi connectivity index (χ0n) is 12.2. The number of aromatic nitrogens is 1. The maximum atomic E-state index is 11.2. The van der Waals surface area contributed by atoms with Crippen molar-refractivity contribution in [1.82, 2.24) is 4.98 Å². The van der Waals surface area contributed by atoms with Crippen molar-refractivity contribution in [3.05, 3.63) is 22.8 Å². The average Bonchev–Trinajstić information content (AvgIpc) is 3.30. The summed E-state index contributed by atoms with van der Waals surface area (Å²) in [5.74, 6) is 1.11. The van der Waals surface area contributed by atoms with Crippen LogP contribution < -0.4 is 10.6 Å².